The molecule has 0 fully saturated rings. The van der Waals surface area contributed by atoms with Gasteiger partial charge >= 0.3 is 0 Å². The van der Waals surface area contributed by atoms with Crippen molar-refractivity contribution < 1.29 is 14.4 Å². The van der Waals surface area contributed by atoms with Crippen LogP contribution in [0.5, 0.6) is 0 Å². The summed E-state index contributed by atoms with van der Waals surface area (Å²) < 4.78 is 0. The summed E-state index contributed by atoms with van der Waals surface area (Å²) >= 11 is 11.8. The van der Waals surface area contributed by atoms with E-state index in [-0.39, 0.29) is 5.78 Å². The number of carbonyl (C=O) groups excluding carboxylic acids is 3. The van der Waals surface area contributed by atoms with Crippen LogP contribution in [0.15, 0.2) is 42.5 Å². The van der Waals surface area contributed by atoms with Gasteiger partial charge in [-0.05, 0) is 63.2 Å². The molecule has 0 atom stereocenters. The number of nitrogens with one attached hydrogen (secondary N) is 2. The minimum atomic E-state index is -1.34. The van der Waals surface area contributed by atoms with Crippen LogP contribution in [0.25, 0.3) is 0 Å². The molecular formula is C19H18Cl2N2O3. The van der Waals surface area contributed by atoms with Crippen molar-refractivity contribution in [3.63, 3.8) is 0 Å². The molecule has 2 amide bonds. The zero-order valence-corrected chi connectivity index (χ0v) is 16.0. The molecule has 5 nitrogen and oxygen atoms in total. The molecule has 2 aromatic carbocycles. The number of anilines is 2. The number of hydrogen-bond donors (Lipinski definition) is 2. The smallest absolute Gasteiger partial charge is 0.239 e. The van der Waals surface area contributed by atoms with Crippen molar-refractivity contribution in [3.8, 4) is 0 Å². The van der Waals surface area contributed by atoms with Crippen LogP contribution in [-0.4, -0.2) is 17.6 Å². The molecule has 0 heterocycles. The first-order valence-corrected chi connectivity index (χ1v) is 8.56. The maximum atomic E-state index is 12.5. The Hall–Kier alpha value is -2.37. The van der Waals surface area contributed by atoms with Crippen molar-refractivity contribution >= 4 is 52.2 Å². The zero-order chi connectivity index (χ0) is 19.5. The number of amides is 2. The number of rotatable bonds is 5. The molecule has 0 aliphatic carbocycles. The molecule has 0 saturated heterocycles. The van der Waals surface area contributed by atoms with Gasteiger partial charge in [0, 0.05) is 16.9 Å². The van der Waals surface area contributed by atoms with Crippen molar-refractivity contribution in [1.29, 1.82) is 0 Å². The van der Waals surface area contributed by atoms with Crippen LogP contribution in [0.1, 0.15) is 31.1 Å². The van der Waals surface area contributed by atoms with E-state index in [1.807, 2.05) is 0 Å². The standard InChI is InChI=1S/C19H18Cl2N2O3/c1-11(24)12-4-6-13(7-5-12)22-17(25)19(2,3)18(26)23-14-8-9-15(20)16(21)10-14/h4-10H,1-3H3,(H,22,25)(H,23,26). The molecule has 0 saturated carbocycles. The number of benzene rings is 2. The Kier molecular flexibility index (Phi) is 6.05. The monoisotopic (exact) mass is 392 g/mol. The summed E-state index contributed by atoms with van der Waals surface area (Å²) in [5.74, 6) is -1.04. The number of carbonyl (C=O) groups is 3. The van der Waals surface area contributed by atoms with Gasteiger partial charge in [-0.2, -0.15) is 0 Å². The van der Waals surface area contributed by atoms with E-state index in [4.69, 9.17) is 23.2 Å². The van der Waals surface area contributed by atoms with Crippen molar-refractivity contribution in [2.45, 2.75) is 20.8 Å². The molecule has 0 radical (unpaired) electrons. The molecule has 2 aromatic rings. The van der Waals surface area contributed by atoms with E-state index in [1.165, 1.54) is 26.8 Å². The molecule has 2 N–H and O–H groups in total. The first-order chi connectivity index (χ1) is 12.1. The quantitative estimate of drug-likeness (QED) is 0.566. The third-order valence-corrected chi connectivity index (χ3v) is 4.60. The highest BCUT2D eigenvalue weighted by molar-refractivity contribution is 6.42. The van der Waals surface area contributed by atoms with Crippen molar-refractivity contribution in [2.75, 3.05) is 10.6 Å². The van der Waals surface area contributed by atoms with Crippen LogP contribution in [-0.2, 0) is 9.59 Å². The summed E-state index contributed by atoms with van der Waals surface area (Å²) in [5, 5.41) is 6.00. The molecule has 0 spiro atoms. The average molecular weight is 393 g/mol. The van der Waals surface area contributed by atoms with E-state index in [0.29, 0.717) is 27.0 Å². The second-order valence-corrected chi connectivity index (χ2v) is 7.11. The minimum absolute atomic E-state index is 0.0655. The lowest BCUT2D eigenvalue weighted by Gasteiger charge is -2.23. The maximum Gasteiger partial charge on any atom is 0.239 e. The van der Waals surface area contributed by atoms with Gasteiger partial charge in [0.05, 0.1) is 10.0 Å². The Morgan fingerprint density at radius 2 is 1.31 bits per heavy atom. The van der Waals surface area contributed by atoms with Crippen molar-refractivity contribution in [2.24, 2.45) is 5.41 Å². The van der Waals surface area contributed by atoms with Gasteiger partial charge in [-0.25, -0.2) is 0 Å². The third-order valence-electron chi connectivity index (χ3n) is 3.86. The van der Waals surface area contributed by atoms with Gasteiger partial charge in [-0.3, -0.25) is 14.4 Å². The predicted octanol–water partition coefficient (Wildman–Crippen LogP) is 4.80. The van der Waals surface area contributed by atoms with E-state index >= 15 is 0 Å². The Morgan fingerprint density at radius 1 is 0.808 bits per heavy atom. The van der Waals surface area contributed by atoms with E-state index in [9.17, 15) is 14.4 Å². The van der Waals surface area contributed by atoms with Crippen LogP contribution in [0.4, 0.5) is 11.4 Å². The Morgan fingerprint density at radius 3 is 1.81 bits per heavy atom. The summed E-state index contributed by atoms with van der Waals surface area (Å²) in [6.45, 7) is 4.49. The average Bonchev–Trinajstić information content (AvgIpc) is 2.58. The molecule has 136 valence electrons. The highest BCUT2D eigenvalue weighted by atomic mass is 35.5. The van der Waals surface area contributed by atoms with E-state index in [1.54, 1.807) is 36.4 Å². The molecule has 26 heavy (non-hydrogen) atoms. The van der Waals surface area contributed by atoms with Crippen LogP contribution >= 0.6 is 23.2 Å². The summed E-state index contributed by atoms with van der Waals surface area (Å²) in [6, 6.07) is 11.1. The van der Waals surface area contributed by atoms with Crippen LogP contribution < -0.4 is 10.6 Å². The fourth-order valence-electron chi connectivity index (χ4n) is 2.04. The number of Topliss-reactive ketones (excluding diaryl/α,β-unsaturated/α-hetero) is 1. The van der Waals surface area contributed by atoms with Gasteiger partial charge in [-0.1, -0.05) is 23.2 Å². The number of hydrogen-bond acceptors (Lipinski definition) is 3. The fourth-order valence-corrected chi connectivity index (χ4v) is 2.34. The number of halogens is 2. The van der Waals surface area contributed by atoms with E-state index in [2.05, 4.69) is 10.6 Å². The van der Waals surface area contributed by atoms with E-state index in [0.717, 1.165) is 0 Å². The lowest BCUT2D eigenvalue weighted by molar-refractivity contribution is -0.135. The lowest BCUT2D eigenvalue weighted by Crippen LogP contribution is -2.41. The van der Waals surface area contributed by atoms with Crippen molar-refractivity contribution in [1.82, 2.24) is 0 Å². The first kappa shape index (κ1) is 19.9. The topological polar surface area (TPSA) is 75.3 Å². The number of ketones is 1. The van der Waals surface area contributed by atoms with E-state index < -0.39 is 17.2 Å². The molecule has 0 unspecified atom stereocenters. The predicted molar refractivity (Wildman–Crippen MR) is 104 cm³/mol. The second-order valence-electron chi connectivity index (χ2n) is 6.30. The normalized spacial score (nSPS) is 11.0. The fraction of sp³-hybridized carbons (Fsp3) is 0.211. The molecular weight excluding hydrogens is 375 g/mol. The van der Waals surface area contributed by atoms with Crippen LogP contribution in [0.2, 0.25) is 10.0 Å². The van der Waals surface area contributed by atoms with Crippen molar-refractivity contribution in [3.05, 3.63) is 58.1 Å². The molecule has 7 heteroatoms. The Labute approximate surface area is 161 Å². The lowest BCUT2D eigenvalue weighted by atomic mass is 9.90. The molecule has 0 bridgehead atoms. The van der Waals surface area contributed by atoms with Gasteiger partial charge in [0.15, 0.2) is 5.78 Å². The minimum Gasteiger partial charge on any atom is -0.325 e. The SMILES string of the molecule is CC(=O)c1ccc(NC(=O)C(C)(C)C(=O)Nc2ccc(Cl)c(Cl)c2)cc1. The second kappa shape index (κ2) is 7.89. The Bertz CT molecular complexity index is 862. The summed E-state index contributed by atoms with van der Waals surface area (Å²) in [7, 11) is 0. The first-order valence-electron chi connectivity index (χ1n) is 7.80. The van der Waals surface area contributed by atoms with Gasteiger partial charge in [0.25, 0.3) is 0 Å². The summed E-state index contributed by atoms with van der Waals surface area (Å²) in [5.41, 5.74) is 0.136. The van der Waals surface area contributed by atoms with Gasteiger partial charge in [0.1, 0.15) is 5.41 Å². The highest BCUT2D eigenvalue weighted by Gasteiger charge is 2.36. The summed E-state index contributed by atoms with van der Waals surface area (Å²) in [4.78, 5) is 36.3. The van der Waals surface area contributed by atoms with Crippen LogP contribution in [0.3, 0.4) is 0 Å². The summed E-state index contributed by atoms with van der Waals surface area (Å²) in [6.07, 6.45) is 0. The van der Waals surface area contributed by atoms with Gasteiger partial charge in [-0.15, -0.1) is 0 Å². The van der Waals surface area contributed by atoms with Crippen LogP contribution in [0, 0.1) is 5.41 Å². The van der Waals surface area contributed by atoms with Gasteiger partial charge in [0.2, 0.25) is 11.8 Å². The maximum absolute atomic E-state index is 12.5. The zero-order valence-electron chi connectivity index (χ0n) is 14.5. The molecule has 0 aliphatic rings. The largest absolute Gasteiger partial charge is 0.325 e. The molecule has 0 aromatic heterocycles. The van der Waals surface area contributed by atoms with Gasteiger partial charge < -0.3 is 10.6 Å². The molecule has 0 aliphatic heterocycles. The molecule has 2 rings (SSSR count). The highest BCUT2D eigenvalue weighted by Crippen LogP contribution is 2.27. The third kappa shape index (κ3) is 4.62. The Balaban J connectivity index is 2.09.